The fourth-order valence-electron chi connectivity index (χ4n) is 1.28. The minimum Gasteiger partial charge on any atom is -0.266 e. The van der Waals surface area contributed by atoms with Crippen molar-refractivity contribution in [1.82, 2.24) is 9.78 Å². The van der Waals surface area contributed by atoms with E-state index in [9.17, 15) is 4.79 Å². The first-order valence-corrected chi connectivity index (χ1v) is 6.25. The molecule has 6 heteroatoms. The summed E-state index contributed by atoms with van der Waals surface area (Å²) in [6.07, 6.45) is 2.16. The molecule has 84 valence electrons. The Morgan fingerprint density at radius 2 is 2.25 bits per heavy atom. The Morgan fingerprint density at radius 3 is 2.94 bits per heavy atom. The second kappa shape index (κ2) is 4.99. The predicted octanol–water partition coefficient (Wildman–Crippen LogP) is 2.85. The first kappa shape index (κ1) is 11.6. The van der Waals surface area contributed by atoms with Crippen LogP contribution in [-0.2, 0) is 13.0 Å². The molecule has 0 saturated heterocycles. The van der Waals surface area contributed by atoms with E-state index in [1.54, 1.807) is 11.3 Å². The maximum atomic E-state index is 11.6. The van der Waals surface area contributed by atoms with Crippen LogP contribution in [0.1, 0.15) is 4.88 Å². The van der Waals surface area contributed by atoms with Crippen molar-refractivity contribution < 1.29 is 0 Å². The number of hydrogen-bond acceptors (Lipinski definition) is 3. The molecule has 2 aromatic rings. The molecule has 0 amide bonds. The number of nitrogens with zero attached hydrogens (tertiary/aromatic N) is 2. The van der Waals surface area contributed by atoms with Crippen LogP contribution < -0.4 is 5.56 Å². The highest BCUT2D eigenvalue weighted by atomic mass is 35.5. The Bertz CT molecular complexity index is 536. The van der Waals surface area contributed by atoms with Crippen molar-refractivity contribution >= 4 is 34.5 Å². The van der Waals surface area contributed by atoms with Gasteiger partial charge in [0.2, 0.25) is 0 Å². The molecule has 2 heterocycles. The Labute approximate surface area is 106 Å². The molecule has 0 aliphatic carbocycles. The fraction of sp³-hybridized carbons (Fsp3) is 0.200. The highest BCUT2D eigenvalue weighted by Crippen LogP contribution is 2.15. The van der Waals surface area contributed by atoms with Gasteiger partial charge in [-0.05, 0) is 11.4 Å². The van der Waals surface area contributed by atoms with E-state index in [0.717, 1.165) is 6.42 Å². The summed E-state index contributed by atoms with van der Waals surface area (Å²) in [4.78, 5) is 12.8. The Kier molecular flexibility index (Phi) is 3.63. The first-order valence-electron chi connectivity index (χ1n) is 4.62. The van der Waals surface area contributed by atoms with Crippen molar-refractivity contribution in [2.24, 2.45) is 0 Å². The third-order valence-corrected chi connectivity index (χ3v) is 3.78. The van der Waals surface area contributed by atoms with Gasteiger partial charge >= 0.3 is 0 Å². The normalized spacial score (nSPS) is 10.6. The van der Waals surface area contributed by atoms with Crippen molar-refractivity contribution in [2.75, 3.05) is 0 Å². The predicted molar refractivity (Wildman–Crippen MR) is 66.5 cm³/mol. The lowest BCUT2D eigenvalue weighted by atomic mass is 10.3. The molecule has 16 heavy (non-hydrogen) atoms. The van der Waals surface area contributed by atoms with Crippen LogP contribution in [0.2, 0.25) is 10.0 Å². The summed E-state index contributed by atoms with van der Waals surface area (Å²) in [7, 11) is 0. The summed E-state index contributed by atoms with van der Waals surface area (Å²) in [6.45, 7) is 0.510. The third kappa shape index (κ3) is 2.45. The van der Waals surface area contributed by atoms with Gasteiger partial charge in [-0.25, -0.2) is 4.68 Å². The molecule has 0 atom stereocenters. The largest absolute Gasteiger partial charge is 0.287 e. The second-order valence-electron chi connectivity index (χ2n) is 3.16. The fourth-order valence-corrected chi connectivity index (χ4v) is 2.24. The highest BCUT2D eigenvalue weighted by molar-refractivity contribution is 7.09. The minimum atomic E-state index is -0.342. The number of thiophene rings is 1. The van der Waals surface area contributed by atoms with Crippen LogP contribution in [0.3, 0.4) is 0 Å². The number of rotatable bonds is 3. The number of halogens is 2. The van der Waals surface area contributed by atoms with Crippen LogP contribution in [-0.4, -0.2) is 9.78 Å². The molecule has 0 spiro atoms. The standard InChI is InChI=1S/C10H8Cl2N2OS/c11-8-6-13-14(10(15)9(8)12)4-3-7-2-1-5-16-7/h1-2,5-6H,3-4H2. The molecule has 0 radical (unpaired) electrons. The Balaban J connectivity index is 2.17. The average Bonchev–Trinajstić information content (AvgIpc) is 2.78. The number of hydrogen-bond donors (Lipinski definition) is 0. The molecule has 0 aliphatic rings. The van der Waals surface area contributed by atoms with Crippen LogP contribution >= 0.6 is 34.5 Å². The van der Waals surface area contributed by atoms with Gasteiger partial charge in [-0.2, -0.15) is 5.10 Å². The summed E-state index contributed by atoms with van der Waals surface area (Å²) in [5, 5.41) is 6.15. The summed E-state index contributed by atoms with van der Waals surface area (Å²) < 4.78 is 1.33. The zero-order valence-corrected chi connectivity index (χ0v) is 10.5. The molecule has 0 aliphatic heterocycles. The molecule has 2 aromatic heterocycles. The zero-order valence-electron chi connectivity index (χ0n) is 8.19. The van der Waals surface area contributed by atoms with Crippen LogP contribution in [0.25, 0.3) is 0 Å². The quantitative estimate of drug-likeness (QED) is 0.863. The van der Waals surface area contributed by atoms with Crippen molar-refractivity contribution in [3.8, 4) is 0 Å². The highest BCUT2D eigenvalue weighted by Gasteiger charge is 2.07. The van der Waals surface area contributed by atoms with Crippen LogP contribution in [0.15, 0.2) is 28.5 Å². The topological polar surface area (TPSA) is 34.9 Å². The Hall–Kier alpha value is -0.840. The van der Waals surface area contributed by atoms with Crippen LogP contribution in [0, 0.1) is 0 Å². The summed E-state index contributed by atoms with van der Waals surface area (Å²) in [6, 6.07) is 4.00. The third-order valence-electron chi connectivity index (χ3n) is 2.09. The molecule has 0 bridgehead atoms. The molecule has 3 nitrogen and oxygen atoms in total. The lowest BCUT2D eigenvalue weighted by molar-refractivity contribution is 0.581. The number of aryl methyl sites for hydroxylation is 2. The molecule has 2 rings (SSSR count). The summed E-state index contributed by atoms with van der Waals surface area (Å²) in [5.74, 6) is 0. The van der Waals surface area contributed by atoms with E-state index in [-0.39, 0.29) is 15.6 Å². The monoisotopic (exact) mass is 274 g/mol. The van der Waals surface area contributed by atoms with Gasteiger partial charge in [0, 0.05) is 17.8 Å². The van der Waals surface area contributed by atoms with E-state index < -0.39 is 0 Å². The molecular weight excluding hydrogens is 267 g/mol. The maximum Gasteiger partial charge on any atom is 0.287 e. The van der Waals surface area contributed by atoms with E-state index in [4.69, 9.17) is 23.2 Å². The van der Waals surface area contributed by atoms with Gasteiger partial charge in [0.15, 0.2) is 0 Å². The molecule has 0 unspecified atom stereocenters. The first-order chi connectivity index (χ1) is 7.68. The van der Waals surface area contributed by atoms with Gasteiger partial charge in [0.05, 0.1) is 11.2 Å². The zero-order chi connectivity index (χ0) is 11.5. The van der Waals surface area contributed by atoms with E-state index in [0.29, 0.717) is 6.54 Å². The molecular formula is C10H8Cl2N2OS. The van der Waals surface area contributed by atoms with E-state index >= 15 is 0 Å². The molecule has 0 aromatic carbocycles. The minimum absolute atomic E-state index is 0.0304. The van der Waals surface area contributed by atoms with Crippen molar-refractivity contribution in [2.45, 2.75) is 13.0 Å². The SMILES string of the molecule is O=c1c(Cl)c(Cl)cnn1CCc1cccs1. The molecule has 0 fully saturated rings. The van der Waals surface area contributed by atoms with Gasteiger partial charge in [0.25, 0.3) is 5.56 Å². The smallest absolute Gasteiger partial charge is 0.266 e. The van der Waals surface area contributed by atoms with Gasteiger partial charge in [-0.15, -0.1) is 11.3 Å². The average molecular weight is 275 g/mol. The summed E-state index contributed by atoms with van der Waals surface area (Å²) in [5.41, 5.74) is -0.342. The van der Waals surface area contributed by atoms with Crippen LogP contribution in [0.5, 0.6) is 0 Å². The molecule has 0 saturated carbocycles. The maximum absolute atomic E-state index is 11.6. The van der Waals surface area contributed by atoms with Crippen molar-refractivity contribution in [3.63, 3.8) is 0 Å². The Morgan fingerprint density at radius 1 is 1.44 bits per heavy atom. The lowest BCUT2D eigenvalue weighted by Crippen LogP contribution is -2.24. The molecule has 0 N–H and O–H groups in total. The van der Waals surface area contributed by atoms with Gasteiger partial charge in [-0.3, -0.25) is 4.79 Å². The van der Waals surface area contributed by atoms with Gasteiger partial charge < -0.3 is 0 Å². The van der Waals surface area contributed by atoms with Crippen molar-refractivity contribution in [1.29, 1.82) is 0 Å². The second-order valence-corrected chi connectivity index (χ2v) is 4.98. The van der Waals surface area contributed by atoms with E-state index in [1.165, 1.54) is 15.8 Å². The van der Waals surface area contributed by atoms with E-state index in [2.05, 4.69) is 5.10 Å². The van der Waals surface area contributed by atoms with Crippen molar-refractivity contribution in [3.05, 3.63) is 49.0 Å². The summed E-state index contributed by atoms with van der Waals surface area (Å²) >= 11 is 13.1. The number of aromatic nitrogens is 2. The van der Waals surface area contributed by atoms with Crippen LogP contribution in [0.4, 0.5) is 0 Å². The lowest BCUT2D eigenvalue weighted by Gasteiger charge is -2.03. The van der Waals surface area contributed by atoms with Gasteiger partial charge in [-0.1, -0.05) is 29.3 Å². The van der Waals surface area contributed by atoms with E-state index in [1.807, 2.05) is 17.5 Å². The van der Waals surface area contributed by atoms with Gasteiger partial charge in [0.1, 0.15) is 5.02 Å².